The summed E-state index contributed by atoms with van der Waals surface area (Å²) in [5, 5.41) is 0.345. The van der Waals surface area contributed by atoms with E-state index in [1.165, 1.54) is 7.11 Å². The van der Waals surface area contributed by atoms with Gasteiger partial charge < -0.3 is 4.74 Å². The maximum Gasteiger partial charge on any atom is 0.339 e. The fraction of sp³-hybridized carbons (Fsp3) is 0.222. The monoisotopic (exact) mass is 296 g/mol. The zero-order chi connectivity index (χ0) is 10.7. The zero-order valence-electron chi connectivity index (χ0n) is 7.31. The predicted molar refractivity (Wildman–Crippen MR) is 60.0 cm³/mol. The first kappa shape index (κ1) is 11.8. The number of carbonyl (C=O) groups is 1. The first-order valence-corrected chi connectivity index (χ1v) is 5.43. The molecular formula is C9H7BrCl2O2. The lowest BCUT2D eigenvalue weighted by atomic mass is 10.1. The number of alkyl halides is 1. The van der Waals surface area contributed by atoms with Gasteiger partial charge in [-0.05, 0) is 17.7 Å². The van der Waals surface area contributed by atoms with Crippen LogP contribution < -0.4 is 0 Å². The van der Waals surface area contributed by atoms with Gasteiger partial charge in [0.05, 0.1) is 17.7 Å². The van der Waals surface area contributed by atoms with Crippen LogP contribution in [0.15, 0.2) is 16.6 Å². The van der Waals surface area contributed by atoms with Gasteiger partial charge in [0, 0.05) is 10.4 Å². The molecule has 0 saturated carbocycles. The Morgan fingerprint density at radius 3 is 2.71 bits per heavy atom. The molecular weight excluding hydrogens is 291 g/mol. The summed E-state index contributed by atoms with van der Waals surface area (Å²) in [6.07, 6.45) is 0. The third kappa shape index (κ3) is 2.41. The Hall–Kier alpha value is -0.250. The van der Waals surface area contributed by atoms with E-state index in [9.17, 15) is 4.79 Å². The van der Waals surface area contributed by atoms with Crippen molar-refractivity contribution in [1.29, 1.82) is 0 Å². The van der Waals surface area contributed by atoms with E-state index in [4.69, 9.17) is 23.2 Å². The second-order valence-corrected chi connectivity index (χ2v) is 4.08. The molecule has 0 bridgehead atoms. The van der Waals surface area contributed by atoms with E-state index in [1.807, 2.05) is 0 Å². The van der Waals surface area contributed by atoms with E-state index in [1.54, 1.807) is 12.1 Å². The average Bonchev–Trinajstić information content (AvgIpc) is 2.17. The van der Waals surface area contributed by atoms with Crippen molar-refractivity contribution in [2.75, 3.05) is 7.11 Å². The van der Waals surface area contributed by atoms with Crippen molar-refractivity contribution in [1.82, 2.24) is 0 Å². The van der Waals surface area contributed by atoms with Crippen LogP contribution in [0.2, 0.25) is 5.02 Å². The van der Waals surface area contributed by atoms with Gasteiger partial charge in [0.1, 0.15) is 0 Å². The molecule has 14 heavy (non-hydrogen) atoms. The number of rotatable bonds is 2. The summed E-state index contributed by atoms with van der Waals surface area (Å²) in [6, 6.07) is 3.25. The topological polar surface area (TPSA) is 26.3 Å². The van der Waals surface area contributed by atoms with Crippen molar-refractivity contribution >= 4 is 45.1 Å². The lowest BCUT2D eigenvalue weighted by Crippen LogP contribution is -2.03. The van der Waals surface area contributed by atoms with Crippen LogP contribution in [-0.4, -0.2) is 13.1 Å². The third-order valence-corrected chi connectivity index (χ3v) is 3.02. The molecule has 0 amide bonds. The number of hydrogen-bond donors (Lipinski definition) is 0. The van der Waals surface area contributed by atoms with Crippen LogP contribution in [0.5, 0.6) is 0 Å². The SMILES string of the molecule is COC(=O)c1cc(CCl)c(Br)cc1Cl. The summed E-state index contributed by atoms with van der Waals surface area (Å²) in [5.74, 6) is -0.157. The van der Waals surface area contributed by atoms with E-state index >= 15 is 0 Å². The van der Waals surface area contributed by atoms with E-state index in [-0.39, 0.29) is 0 Å². The van der Waals surface area contributed by atoms with Gasteiger partial charge in [-0.1, -0.05) is 27.5 Å². The predicted octanol–water partition coefficient (Wildman–Crippen LogP) is 3.63. The molecule has 1 aromatic carbocycles. The number of methoxy groups -OCH3 is 1. The summed E-state index contributed by atoms with van der Waals surface area (Å²) in [5.41, 5.74) is 1.13. The maximum absolute atomic E-state index is 11.2. The Morgan fingerprint density at radius 2 is 2.21 bits per heavy atom. The molecule has 0 atom stereocenters. The quantitative estimate of drug-likeness (QED) is 0.615. The fourth-order valence-electron chi connectivity index (χ4n) is 0.963. The summed E-state index contributed by atoms with van der Waals surface area (Å²) in [7, 11) is 1.31. The van der Waals surface area contributed by atoms with Crippen molar-refractivity contribution in [3.63, 3.8) is 0 Å². The normalized spacial score (nSPS) is 10.0. The minimum absolute atomic E-state index is 0.307. The molecule has 0 heterocycles. The van der Waals surface area contributed by atoms with Crippen LogP contribution >= 0.6 is 39.1 Å². The molecule has 0 aromatic heterocycles. The zero-order valence-corrected chi connectivity index (χ0v) is 10.4. The molecule has 0 fully saturated rings. The number of hydrogen-bond acceptors (Lipinski definition) is 2. The highest BCUT2D eigenvalue weighted by molar-refractivity contribution is 9.10. The lowest BCUT2D eigenvalue weighted by Gasteiger charge is -2.06. The molecule has 1 rings (SSSR count). The summed E-state index contributed by atoms with van der Waals surface area (Å²) < 4.78 is 5.36. The molecule has 0 aliphatic rings. The first-order chi connectivity index (χ1) is 6.60. The number of ether oxygens (including phenoxy) is 1. The molecule has 0 saturated heterocycles. The van der Waals surface area contributed by atoms with Crippen LogP contribution in [-0.2, 0) is 10.6 Å². The summed E-state index contributed by atoms with van der Waals surface area (Å²) >= 11 is 14.8. The number of esters is 1. The Kier molecular flexibility index (Phi) is 4.23. The highest BCUT2D eigenvalue weighted by Crippen LogP contribution is 2.27. The van der Waals surface area contributed by atoms with Gasteiger partial charge >= 0.3 is 5.97 Å². The van der Waals surface area contributed by atoms with Crippen LogP contribution in [0.4, 0.5) is 0 Å². The van der Waals surface area contributed by atoms with Crippen LogP contribution in [0.1, 0.15) is 15.9 Å². The van der Waals surface area contributed by atoms with Gasteiger partial charge in [0.15, 0.2) is 0 Å². The van der Waals surface area contributed by atoms with Gasteiger partial charge in [-0.2, -0.15) is 0 Å². The summed E-state index contributed by atoms with van der Waals surface area (Å²) in [6.45, 7) is 0. The molecule has 0 radical (unpaired) electrons. The van der Waals surface area contributed by atoms with E-state index < -0.39 is 5.97 Å². The van der Waals surface area contributed by atoms with E-state index in [0.717, 1.165) is 10.0 Å². The molecule has 2 nitrogen and oxygen atoms in total. The van der Waals surface area contributed by atoms with Gasteiger partial charge in [0.25, 0.3) is 0 Å². The largest absolute Gasteiger partial charge is 0.465 e. The van der Waals surface area contributed by atoms with Gasteiger partial charge in [-0.15, -0.1) is 11.6 Å². The minimum Gasteiger partial charge on any atom is -0.465 e. The lowest BCUT2D eigenvalue weighted by molar-refractivity contribution is 0.0601. The smallest absolute Gasteiger partial charge is 0.339 e. The van der Waals surface area contributed by atoms with Crippen molar-refractivity contribution in [2.24, 2.45) is 0 Å². The fourth-order valence-corrected chi connectivity index (χ4v) is 2.20. The Morgan fingerprint density at radius 1 is 1.57 bits per heavy atom. The number of carbonyl (C=O) groups excluding carboxylic acids is 1. The van der Waals surface area contributed by atoms with E-state index in [0.29, 0.717) is 16.5 Å². The third-order valence-electron chi connectivity index (χ3n) is 1.69. The van der Waals surface area contributed by atoms with Crippen molar-refractivity contribution < 1.29 is 9.53 Å². The molecule has 0 spiro atoms. The van der Waals surface area contributed by atoms with E-state index in [2.05, 4.69) is 20.7 Å². The van der Waals surface area contributed by atoms with Crippen molar-refractivity contribution in [3.05, 3.63) is 32.8 Å². The Labute approximate surface area is 100 Å². The second-order valence-electron chi connectivity index (χ2n) is 2.55. The number of benzene rings is 1. The molecule has 0 N–H and O–H groups in total. The van der Waals surface area contributed by atoms with Crippen LogP contribution in [0, 0.1) is 0 Å². The molecule has 0 unspecified atom stereocenters. The maximum atomic E-state index is 11.2. The average molecular weight is 298 g/mol. The van der Waals surface area contributed by atoms with Crippen LogP contribution in [0.3, 0.4) is 0 Å². The van der Waals surface area contributed by atoms with Crippen LogP contribution in [0.25, 0.3) is 0 Å². The molecule has 5 heteroatoms. The van der Waals surface area contributed by atoms with Gasteiger partial charge in [-0.25, -0.2) is 4.79 Å². The van der Waals surface area contributed by atoms with Crippen molar-refractivity contribution in [3.8, 4) is 0 Å². The highest BCUT2D eigenvalue weighted by atomic mass is 79.9. The van der Waals surface area contributed by atoms with Gasteiger partial charge in [-0.3, -0.25) is 0 Å². The highest BCUT2D eigenvalue weighted by Gasteiger charge is 2.13. The molecule has 76 valence electrons. The van der Waals surface area contributed by atoms with Crippen molar-refractivity contribution in [2.45, 2.75) is 5.88 Å². The Bertz CT molecular complexity index is 366. The van der Waals surface area contributed by atoms with Gasteiger partial charge in [0.2, 0.25) is 0 Å². The Balaban J connectivity index is 3.24. The molecule has 0 aliphatic carbocycles. The number of halogens is 3. The first-order valence-electron chi connectivity index (χ1n) is 3.72. The standard InChI is InChI=1S/C9H7BrCl2O2/c1-14-9(13)6-2-5(4-11)7(10)3-8(6)12/h2-3H,4H2,1H3. The minimum atomic E-state index is -0.464. The summed E-state index contributed by atoms with van der Waals surface area (Å²) in [4.78, 5) is 11.2. The molecule has 1 aromatic rings. The molecule has 0 aliphatic heterocycles. The second kappa shape index (κ2) is 5.01.